The molecule has 0 bridgehead atoms. The zero-order valence-corrected chi connectivity index (χ0v) is 9.53. The first kappa shape index (κ1) is 11.0. The van der Waals surface area contributed by atoms with E-state index in [1.165, 1.54) is 45.1 Å². The van der Waals surface area contributed by atoms with Gasteiger partial charge in [-0.3, -0.25) is 0 Å². The van der Waals surface area contributed by atoms with E-state index in [1.807, 2.05) is 0 Å². The van der Waals surface area contributed by atoms with Crippen molar-refractivity contribution >= 4 is 0 Å². The maximum Gasteiger partial charge on any atom is 0.0122 e. The fourth-order valence-corrected chi connectivity index (χ4v) is 1.52. The second-order valence-electron chi connectivity index (χ2n) is 5.10. The first-order chi connectivity index (χ1) is 6.14. The highest BCUT2D eigenvalue weighted by atomic mass is 14.9. The van der Waals surface area contributed by atoms with E-state index in [-0.39, 0.29) is 0 Å². The Morgan fingerprint density at radius 1 is 1.23 bits per heavy atom. The zero-order valence-electron chi connectivity index (χ0n) is 9.53. The summed E-state index contributed by atoms with van der Waals surface area (Å²) < 4.78 is 0. The highest BCUT2D eigenvalue weighted by molar-refractivity contribution is 4.76. The van der Waals surface area contributed by atoms with Crippen LogP contribution in [0, 0.1) is 5.92 Å². The monoisotopic (exact) mass is 183 g/mol. The lowest BCUT2D eigenvalue weighted by Gasteiger charge is -2.24. The molecule has 1 rings (SSSR count). The molecule has 0 radical (unpaired) electrons. The summed E-state index contributed by atoms with van der Waals surface area (Å²) in [6, 6.07) is 0. The molecule has 0 amide bonds. The predicted molar refractivity (Wildman–Crippen MR) is 58.9 cm³/mol. The average Bonchev–Trinajstić information content (AvgIpc) is 2.87. The molecule has 1 nitrogen and oxygen atoms in total. The first-order valence-electron chi connectivity index (χ1n) is 5.89. The van der Waals surface area contributed by atoms with Gasteiger partial charge in [0.25, 0.3) is 0 Å². The Bertz CT molecular complexity index is 136. The molecule has 0 aromatic rings. The molecular formula is C12H25N. The predicted octanol–water partition coefficient (Wildman–Crippen LogP) is 3.34. The minimum absolute atomic E-state index is 0.347. The van der Waals surface area contributed by atoms with Crippen LogP contribution in [-0.4, -0.2) is 12.1 Å². The van der Waals surface area contributed by atoms with Gasteiger partial charge in [-0.05, 0) is 39.2 Å². The Morgan fingerprint density at radius 2 is 1.92 bits per heavy atom. The minimum atomic E-state index is 0.347. The van der Waals surface area contributed by atoms with Crippen LogP contribution in [0.3, 0.4) is 0 Å². The molecular weight excluding hydrogens is 158 g/mol. The Morgan fingerprint density at radius 3 is 2.46 bits per heavy atom. The van der Waals surface area contributed by atoms with E-state index in [1.54, 1.807) is 0 Å². The summed E-state index contributed by atoms with van der Waals surface area (Å²) in [6.07, 6.45) is 8.50. The summed E-state index contributed by atoms with van der Waals surface area (Å²) in [5.74, 6) is 1.11. The van der Waals surface area contributed by atoms with Crippen LogP contribution in [0.5, 0.6) is 0 Å². The van der Waals surface area contributed by atoms with Crippen LogP contribution < -0.4 is 5.32 Å². The van der Waals surface area contributed by atoms with Crippen molar-refractivity contribution in [1.29, 1.82) is 0 Å². The standard InChI is InChI=1S/C12H25N/c1-4-12(2,3)13-10-6-5-7-11-8-9-11/h11,13H,4-10H2,1-3H3. The molecule has 0 aromatic heterocycles. The van der Waals surface area contributed by atoms with E-state index < -0.39 is 0 Å². The fourth-order valence-electron chi connectivity index (χ4n) is 1.52. The average molecular weight is 183 g/mol. The van der Waals surface area contributed by atoms with Gasteiger partial charge in [0.15, 0.2) is 0 Å². The minimum Gasteiger partial charge on any atom is -0.312 e. The summed E-state index contributed by atoms with van der Waals surface area (Å²) >= 11 is 0. The van der Waals surface area contributed by atoms with Crippen molar-refractivity contribution in [3.8, 4) is 0 Å². The summed E-state index contributed by atoms with van der Waals surface area (Å²) in [5, 5.41) is 3.60. The number of rotatable bonds is 7. The van der Waals surface area contributed by atoms with Gasteiger partial charge in [0, 0.05) is 5.54 Å². The van der Waals surface area contributed by atoms with Gasteiger partial charge in [0.1, 0.15) is 0 Å². The van der Waals surface area contributed by atoms with Crippen molar-refractivity contribution in [2.45, 2.75) is 64.8 Å². The molecule has 1 saturated carbocycles. The second kappa shape index (κ2) is 4.99. The molecule has 78 valence electrons. The molecule has 13 heavy (non-hydrogen) atoms. The van der Waals surface area contributed by atoms with E-state index in [0.29, 0.717) is 5.54 Å². The second-order valence-corrected chi connectivity index (χ2v) is 5.10. The van der Waals surface area contributed by atoms with Crippen LogP contribution in [-0.2, 0) is 0 Å². The van der Waals surface area contributed by atoms with Crippen LogP contribution in [0.4, 0.5) is 0 Å². The van der Waals surface area contributed by atoms with Crippen molar-refractivity contribution in [2.24, 2.45) is 5.92 Å². The molecule has 1 aliphatic carbocycles. The highest BCUT2D eigenvalue weighted by Crippen LogP contribution is 2.33. The number of hydrogen-bond donors (Lipinski definition) is 1. The molecule has 0 heterocycles. The lowest BCUT2D eigenvalue weighted by atomic mass is 10.0. The Hall–Kier alpha value is -0.0400. The molecule has 0 aromatic carbocycles. The van der Waals surface area contributed by atoms with Gasteiger partial charge in [-0.2, -0.15) is 0 Å². The molecule has 0 spiro atoms. The highest BCUT2D eigenvalue weighted by Gasteiger charge is 2.20. The van der Waals surface area contributed by atoms with Crippen LogP contribution in [0.1, 0.15) is 59.3 Å². The normalized spacial score (nSPS) is 17.8. The van der Waals surface area contributed by atoms with Crippen molar-refractivity contribution in [3.63, 3.8) is 0 Å². The number of nitrogens with one attached hydrogen (secondary N) is 1. The summed E-state index contributed by atoms with van der Waals surface area (Å²) in [7, 11) is 0. The SMILES string of the molecule is CCC(C)(C)NCCCCC1CC1. The van der Waals surface area contributed by atoms with E-state index >= 15 is 0 Å². The van der Waals surface area contributed by atoms with Gasteiger partial charge in [-0.1, -0.05) is 32.6 Å². The van der Waals surface area contributed by atoms with Crippen molar-refractivity contribution in [3.05, 3.63) is 0 Å². The Kier molecular flexibility index (Phi) is 4.24. The molecule has 0 saturated heterocycles. The third-order valence-electron chi connectivity index (χ3n) is 3.22. The zero-order chi connectivity index (χ0) is 9.73. The summed E-state index contributed by atoms with van der Waals surface area (Å²) in [4.78, 5) is 0. The fraction of sp³-hybridized carbons (Fsp3) is 1.00. The largest absolute Gasteiger partial charge is 0.312 e. The topological polar surface area (TPSA) is 12.0 Å². The lowest BCUT2D eigenvalue weighted by molar-refractivity contribution is 0.370. The molecule has 0 unspecified atom stereocenters. The van der Waals surface area contributed by atoms with Crippen LogP contribution in [0.15, 0.2) is 0 Å². The number of unbranched alkanes of at least 4 members (excludes halogenated alkanes) is 1. The number of hydrogen-bond acceptors (Lipinski definition) is 1. The molecule has 1 aliphatic rings. The third-order valence-corrected chi connectivity index (χ3v) is 3.22. The van der Waals surface area contributed by atoms with E-state index in [9.17, 15) is 0 Å². The summed E-state index contributed by atoms with van der Waals surface area (Å²) in [5.41, 5.74) is 0.347. The van der Waals surface area contributed by atoms with Gasteiger partial charge in [0.2, 0.25) is 0 Å². The molecule has 0 aliphatic heterocycles. The molecule has 1 fully saturated rings. The Labute approximate surface area is 83.3 Å². The van der Waals surface area contributed by atoms with E-state index in [2.05, 4.69) is 26.1 Å². The Balaban J connectivity index is 1.87. The first-order valence-corrected chi connectivity index (χ1v) is 5.89. The van der Waals surface area contributed by atoms with Crippen molar-refractivity contribution < 1.29 is 0 Å². The van der Waals surface area contributed by atoms with E-state index in [0.717, 1.165) is 5.92 Å². The van der Waals surface area contributed by atoms with Crippen LogP contribution >= 0.6 is 0 Å². The molecule has 1 N–H and O–H groups in total. The van der Waals surface area contributed by atoms with Gasteiger partial charge in [-0.15, -0.1) is 0 Å². The maximum atomic E-state index is 3.60. The lowest BCUT2D eigenvalue weighted by Crippen LogP contribution is -2.38. The van der Waals surface area contributed by atoms with Crippen molar-refractivity contribution in [2.75, 3.05) is 6.54 Å². The third kappa shape index (κ3) is 5.30. The summed E-state index contributed by atoms with van der Waals surface area (Å²) in [6.45, 7) is 8.02. The van der Waals surface area contributed by atoms with Gasteiger partial charge in [-0.25, -0.2) is 0 Å². The van der Waals surface area contributed by atoms with E-state index in [4.69, 9.17) is 0 Å². The molecule has 1 heteroatoms. The van der Waals surface area contributed by atoms with Gasteiger partial charge < -0.3 is 5.32 Å². The van der Waals surface area contributed by atoms with Crippen LogP contribution in [0.25, 0.3) is 0 Å². The van der Waals surface area contributed by atoms with Crippen molar-refractivity contribution in [1.82, 2.24) is 5.32 Å². The van der Waals surface area contributed by atoms with Gasteiger partial charge in [0.05, 0.1) is 0 Å². The molecule has 0 atom stereocenters. The van der Waals surface area contributed by atoms with Gasteiger partial charge >= 0.3 is 0 Å². The quantitative estimate of drug-likeness (QED) is 0.597. The maximum absolute atomic E-state index is 3.60. The van der Waals surface area contributed by atoms with Crippen LogP contribution in [0.2, 0.25) is 0 Å². The smallest absolute Gasteiger partial charge is 0.0122 e.